The topological polar surface area (TPSA) is 44.5 Å². The fraction of sp³-hybridized carbons (Fsp3) is 0.250. The van der Waals surface area contributed by atoms with Crippen LogP contribution in [0.3, 0.4) is 0 Å². The van der Waals surface area contributed by atoms with Crippen LogP contribution in [0.25, 0.3) is 0 Å². The highest BCUT2D eigenvalue weighted by atomic mass is 19.1. The quantitative estimate of drug-likeness (QED) is 0.880. The van der Waals surface area contributed by atoms with Crippen LogP contribution >= 0.6 is 0 Å². The molecular formula is C16H18FNO2. The molecule has 2 rings (SSSR count). The SMILES string of the molecule is CCOc1ccc(OCc2cc(F)ccc2CN)cc1. The maximum Gasteiger partial charge on any atom is 0.123 e. The van der Waals surface area contributed by atoms with Crippen LogP contribution in [0.1, 0.15) is 18.1 Å². The summed E-state index contributed by atoms with van der Waals surface area (Å²) >= 11 is 0. The van der Waals surface area contributed by atoms with E-state index in [2.05, 4.69) is 0 Å². The lowest BCUT2D eigenvalue weighted by Gasteiger charge is -2.11. The van der Waals surface area contributed by atoms with Gasteiger partial charge in [0.1, 0.15) is 23.9 Å². The molecule has 0 aliphatic rings. The molecule has 2 N–H and O–H groups in total. The lowest BCUT2D eigenvalue weighted by atomic mass is 10.1. The highest BCUT2D eigenvalue weighted by Gasteiger charge is 2.04. The van der Waals surface area contributed by atoms with E-state index in [1.54, 1.807) is 6.07 Å². The molecule has 2 aromatic carbocycles. The van der Waals surface area contributed by atoms with Gasteiger partial charge in [0.2, 0.25) is 0 Å². The Hall–Kier alpha value is -2.07. The predicted octanol–water partition coefficient (Wildman–Crippen LogP) is 3.26. The summed E-state index contributed by atoms with van der Waals surface area (Å²) in [6, 6.07) is 11.9. The summed E-state index contributed by atoms with van der Waals surface area (Å²) in [5.74, 6) is 1.22. The summed E-state index contributed by atoms with van der Waals surface area (Å²) in [6.07, 6.45) is 0. The van der Waals surface area contributed by atoms with Crippen molar-refractivity contribution in [3.63, 3.8) is 0 Å². The van der Waals surface area contributed by atoms with Gasteiger partial charge in [0.25, 0.3) is 0 Å². The normalized spacial score (nSPS) is 10.3. The molecular weight excluding hydrogens is 257 g/mol. The molecule has 2 aromatic rings. The first-order valence-electron chi connectivity index (χ1n) is 6.56. The molecule has 0 unspecified atom stereocenters. The maximum atomic E-state index is 13.2. The van der Waals surface area contributed by atoms with E-state index in [0.29, 0.717) is 18.9 Å². The molecule has 0 aliphatic carbocycles. The molecule has 0 heterocycles. The maximum absolute atomic E-state index is 13.2. The third-order valence-electron chi connectivity index (χ3n) is 2.92. The molecule has 0 fully saturated rings. The van der Waals surface area contributed by atoms with E-state index in [-0.39, 0.29) is 12.4 Å². The molecule has 20 heavy (non-hydrogen) atoms. The van der Waals surface area contributed by atoms with E-state index in [9.17, 15) is 4.39 Å². The molecule has 0 spiro atoms. The average molecular weight is 275 g/mol. The first-order chi connectivity index (χ1) is 9.72. The minimum absolute atomic E-state index is 0.285. The van der Waals surface area contributed by atoms with Crippen LogP contribution in [0.2, 0.25) is 0 Å². The van der Waals surface area contributed by atoms with Gasteiger partial charge in [-0.15, -0.1) is 0 Å². The van der Waals surface area contributed by atoms with Crippen LogP contribution in [-0.2, 0) is 13.2 Å². The Morgan fingerprint density at radius 3 is 2.20 bits per heavy atom. The molecule has 4 heteroatoms. The lowest BCUT2D eigenvalue weighted by Crippen LogP contribution is -2.05. The van der Waals surface area contributed by atoms with Gasteiger partial charge in [-0.05, 0) is 54.4 Å². The highest BCUT2D eigenvalue weighted by molar-refractivity contribution is 5.32. The number of rotatable bonds is 6. The van der Waals surface area contributed by atoms with Gasteiger partial charge in [0.15, 0.2) is 0 Å². The fourth-order valence-electron chi connectivity index (χ4n) is 1.89. The summed E-state index contributed by atoms with van der Waals surface area (Å²) in [6.45, 7) is 3.21. The van der Waals surface area contributed by atoms with Crippen LogP contribution in [0, 0.1) is 5.82 Å². The van der Waals surface area contributed by atoms with Gasteiger partial charge in [0, 0.05) is 6.54 Å². The second kappa shape index (κ2) is 6.91. The zero-order valence-electron chi connectivity index (χ0n) is 11.4. The smallest absolute Gasteiger partial charge is 0.123 e. The van der Waals surface area contributed by atoms with Crippen molar-refractivity contribution in [1.29, 1.82) is 0 Å². The van der Waals surface area contributed by atoms with Crippen molar-refractivity contribution in [3.8, 4) is 11.5 Å². The monoisotopic (exact) mass is 275 g/mol. The molecule has 0 saturated heterocycles. The summed E-state index contributed by atoms with van der Waals surface area (Å²) in [5, 5.41) is 0. The van der Waals surface area contributed by atoms with Gasteiger partial charge in [-0.1, -0.05) is 6.07 Å². The molecule has 106 valence electrons. The Labute approximate surface area is 118 Å². The minimum atomic E-state index is -0.285. The van der Waals surface area contributed by atoms with Crippen molar-refractivity contribution >= 4 is 0 Å². The Kier molecular flexibility index (Phi) is 4.96. The van der Waals surface area contributed by atoms with Gasteiger partial charge in [-0.25, -0.2) is 4.39 Å². The molecule has 0 bridgehead atoms. The van der Waals surface area contributed by atoms with Gasteiger partial charge in [-0.3, -0.25) is 0 Å². The Morgan fingerprint density at radius 2 is 1.60 bits per heavy atom. The van der Waals surface area contributed by atoms with E-state index < -0.39 is 0 Å². The van der Waals surface area contributed by atoms with Crippen LogP contribution in [0.5, 0.6) is 11.5 Å². The predicted molar refractivity (Wildman–Crippen MR) is 76.2 cm³/mol. The van der Waals surface area contributed by atoms with Gasteiger partial charge in [0.05, 0.1) is 6.61 Å². The number of benzene rings is 2. The van der Waals surface area contributed by atoms with Crippen molar-refractivity contribution in [1.82, 2.24) is 0 Å². The molecule has 3 nitrogen and oxygen atoms in total. The summed E-state index contributed by atoms with van der Waals surface area (Å²) in [7, 11) is 0. The first-order valence-corrected chi connectivity index (χ1v) is 6.56. The fourth-order valence-corrected chi connectivity index (χ4v) is 1.89. The van der Waals surface area contributed by atoms with Crippen molar-refractivity contribution in [2.45, 2.75) is 20.1 Å². The number of ether oxygens (including phenoxy) is 2. The zero-order chi connectivity index (χ0) is 14.4. The van der Waals surface area contributed by atoms with E-state index in [0.717, 1.165) is 16.9 Å². The molecule has 0 radical (unpaired) electrons. The van der Waals surface area contributed by atoms with Gasteiger partial charge >= 0.3 is 0 Å². The number of hydrogen-bond acceptors (Lipinski definition) is 3. The summed E-state index contributed by atoms with van der Waals surface area (Å²) in [5.41, 5.74) is 7.28. The van der Waals surface area contributed by atoms with E-state index in [4.69, 9.17) is 15.2 Å². The molecule has 0 saturated carbocycles. The molecule has 0 aliphatic heterocycles. The third-order valence-corrected chi connectivity index (χ3v) is 2.92. The number of halogens is 1. The molecule has 0 aromatic heterocycles. The number of nitrogens with two attached hydrogens (primary N) is 1. The lowest BCUT2D eigenvalue weighted by molar-refractivity contribution is 0.302. The highest BCUT2D eigenvalue weighted by Crippen LogP contribution is 2.20. The van der Waals surface area contributed by atoms with Crippen molar-refractivity contribution in [2.75, 3.05) is 6.61 Å². The van der Waals surface area contributed by atoms with Crippen LogP contribution in [0.4, 0.5) is 4.39 Å². The Morgan fingerprint density at radius 1 is 0.950 bits per heavy atom. The Bertz CT molecular complexity index is 555. The average Bonchev–Trinajstić information content (AvgIpc) is 2.47. The van der Waals surface area contributed by atoms with Crippen molar-refractivity contribution in [3.05, 3.63) is 59.4 Å². The number of hydrogen-bond donors (Lipinski definition) is 1. The van der Waals surface area contributed by atoms with E-state index in [1.807, 2.05) is 31.2 Å². The molecule has 0 amide bonds. The van der Waals surface area contributed by atoms with E-state index in [1.165, 1.54) is 12.1 Å². The van der Waals surface area contributed by atoms with Gasteiger partial charge in [-0.2, -0.15) is 0 Å². The Balaban J connectivity index is 2.02. The largest absolute Gasteiger partial charge is 0.494 e. The first kappa shape index (κ1) is 14.3. The zero-order valence-corrected chi connectivity index (χ0v) is 11.4. The van der Waals surface area contributed by atoms with Crippen molar-refractivity contribution in [2.24, 2.45) is 5.73 Å². The summed E-state index contributed by atoms with van der Waals surface area (Å²) < 4.78 is 24.2. The van der Waals surface area contributed by atoms with Crippen LogP contribution < -0.4 is 15.2 Å². The second-order valence-electron chi connectivity index (χ2n) is 4.31. The third kappa shape index (κ3) is 3.71. The summed E-state index contributed by atoms with van der Waals surface area (Å²) in [4.78, 5) is 0. The van der Waals surface area contributed by atoms with Crippen molar-refractivity contribution < 1.29 is 13.9 Å². The molecule has 0 atom stereocenters. The standard InChI is InChI=1S/C16H18FNO2/c1-2-19-15-5-7-16(8-6-15)20-11-13-9-14(17)4-3-12(13)10-18/h3-9H,2,10-11,18H2,1H3. The second-order valence-corrected chi connectivity index (χ2v) is 4.31. The minimum Gasteiger partial charge on any atom is -0.494 e. The van der Waals surface area contributed by atoms with Crippen LogP contribution in [0.15, 0.2) is 42.5 Å². The van der Waals surface area contributed by atoms with E-state index >= 15 is 0 Å². The van der Waals surface area contributed by atoms with Crippen LogP contribution in [-0.4, -0.2) is 6.61 Å². The van der Waals surface area contributed by atoms with Gasteiger partial charge < -0.3 is 15.2 Å².